The van der Waals surface area contributed by atoms with Crippen molar-refractivity contribution in [3.05, 3.63) is 53.1 Å². The predicted octanol–water partition coefficient (Wildman–Crippen LogP) is 2.65. The summed E-state index contributed by atoms with van der Waals surface area (Å²) in [4.78, 5) is 33.1. The fraction of sp³-hybridized carbons (Fsp3) is 0.316. The summed E-state index contributed by atoms with van der Waals surface area (Å²) in [5.41, 5.74) is 2.61. The van der Waals surface area contributed by atoms with Crippen LogP contribution < -0.4 is 0 Å². The summed E-state index contributed by atoms with van der Waals surface area (Å²) in [7, 11) is 1.99. The first-order chi connectivity index (χ1) is 13.0. The molecule has 4 rings (SSSR count). The molecule has 1 aliphatic rings. The van der Waals surface area contributed by atoms with Gasteiger partial charge in [-0.25, -0.2) is 4.98 Å². The Bertz CT molecular complexity index is 965. The average molecular weight is 384 g/mol. The molecule has 1 aliphatic heterocycles. The first kappa shape index (κ1) is 17.5. The highest BCUT2D eigenvalue weighted by Gasteiger charge is 2.27. The molecule has 7 nitrogen and oxygen atoms in total. The Morgan fingerprint density at radius 3 is 2.37 bits per heavy atom. The van der Waals surface area contributed by atoms with Crippen molar-refractivity contribution in [2.75, 3.05) is 26.2 Å². The van der Waals surface area contributed by atoms with E-state index >= 15 is 0 Å². The van der Waals surface area contributed by atoms with Gasteiger partial charge in [0.1, 0.15) is 10.7 Å². The van der Waals surface area contributed by atoms with Gasteiger partial charge in [0.25, 0.3) is 11.8 Å². The van der Waals surface area contributed by atoms with E-state index in [9.17, 15) is 9.59 Å². The van der Waals surface area contributed by atoms with E-state index in [1.807, 2.05) is 26.1 Å². The van der Waals surface area contributed by atoms with Crippen LogP contribution in [0.1, 0.15) is 26.7 Å². The van der Waals surface area contributed by atoms with Crippen LogP contribution in [0.3, 0.4) is 0 Å². The molecule has 3 aromatic rings. The second kappa shape index (κ2) is 7.03. The van der Waals surface area contributed by atoms with Gasteiger partial charge in [0.05, 0.1) is 12.0 Å². The quantitative estimate of drug-likeness (QED) is 0.696. The van der Waals surface area contributed by atoms with Crippen molar-refractivity contribution < 1.29 is 14.0 Å². The van der Waals surface area contributed by atoms with Crippen LogP contribution in [0.15, 0.2) is 40.3 Å². The van der Waals surface area contributed by atoms with E-state index in [2.05, 4.69) is 9.55 Å². The first-order valence-corrected chi connectivity index (χ1v) is 9.63. The Kier molecular flexibility index (Phi) is 4.57. The summed E-state index contributed by atoms with van der Waals surface area (Å²) in [5.74, 6) is 0.104. The van der Waals surface area contributed by atoms with Crippen molar-refractivity contribution in [1.82, 2.24) is 19.4 Å². The molecule has 0 spiro atoms. The molecule has 0 atom stereocenters. The van der Waals surface area contributed by atoms with Crippen LogP contribution in [-0.2, 0) is 7.05 Å². The summed E-state index contributed by atoms with van der Waals surface area (Å²) in [6.07, 6.45) is 1.49. The topological polar surface area (TPSA) is 71.6 Å². The molecule has 1 saturated heterocycles. The molecular weight excluding hydrogens is 364 g/mol. The molecule has 2 amide bonds. The average Bonchev–Trinajstić information content (AvgIpc) is 3.43. The number of hydrogen-bond acceptors (Lipinski definition) is 5. The van der Waals surface area contributed by atoms with Crippen LogP contribution in [0.5, 0.6) is 0 Å². The SMILES string of the molecule is Cc1ccc(-c2nc(C(=O)N3CCN(C(=O)c4ccco4)CC3)cs2)n1C. The maximum atomic E-state index is 12.8. The van der Waals surface area contributed by atoms with Gasteiger partial charge < -0.3 is 18.8 Å². The minimum Gasteiger partial charge on any atom is -0.459 e. The second-order valence-corrected chi connectivity index (χ2v) is 7.38. The molecule has 0 unspecified atom stereocenters. The number of amides is 2. The van der Waals surface area contributed by atoms with E-state index in [1.165, 1.54) is 17.6 Å². The summed E-state index contributed by atoms with van der Waals surface area (Å²) in [6.45, 7) is 3.98. The zero-order chi connectivity index (χ0) is 19.0. The second-order valence-electron chi connectivity index (χ2n) is 6.52. The molecule has 4 heterocycles. The third kappa shape index (κ3) is 3.28. The molecule has 0 N–H and O–H groups in total. The Morgan fingerprint density at radius 2 is 1.78 bits per heavy atom. The summed E-state index contributed by atoms with van der Waals surface area (Å²) < 4.78 is 7.23. The number of piperazine rings is 1. The van der Waals surface area contributed by atoms with Crippen LogP contribution in [0, 0.1) is 6.92 Å². The van der Waals surface area contributed by atoms with E-state index < -0.39 is 0 Å². The van der Waals surface area contributed by atoms with Crippen LogP contribution in [0.2, 0.25) is 0 Å². The maximum Gasteiger partial charge on any atom is 0.289 e. The van der Waals surface area contributed by atoms with Gasteiger partial charge in [-0.15, -0.1) is 11.3 Å². The Hall–Kier alpha value is -2.87. The molecule has 0 bridgehead atoms. The first-order valence-electron chi connectivity index (χ1n) is 8.75. The van der Waals surface area contributed by atoms with Crippen LogP contribution in [0.4, 0.5) is 0 Å². The van der Waals surface area contributed by atoms with Crippen LogP contribution in [-0.4, -0.2) is 57.3 Å². The number of aromatic nitrogens is 2. The Labute approximate surface area is 160 Å². The largest absolute Gasteiger partial charge is 0.459 e. The molecule has 0 saturated carbocycles. The monoisotopic (exact) mass is 384 g/mol. The van der Waals surface area contributed by atoms with E-state index in [1.54, 1.807) is 27.3 Å². The minimum atomic E-state index is -0.137. The van der Waals surface area contributed by atoms with Gasteiger partial charge in [-0.05, 0) is 31.2 Å². The fourth-order valence-corrected chi connectivity index (χ4v) is 4.00. The smallest absolute Gasteiger partial charge is 0.289 e. The molecule has 0 aromatic carbocycles. The number of aryl methyl sites for hydroxylation is 1. The van der Waals surface area contributed by atoms with Crippen molar-refractivity contribution in [3.63, 3.8) is 0 Å². The van der Waals surface area contributed by atoms with Gasteiger partial charge in [-0.2, -0.15) is 0 Å². The van der Waals surface area contributed by atoms with Crippen molar-refractivity contribution in [2.24, 2.45) is 7.05 Å². The normalized spacial score (nSPS) is 14.6. The highest BCUT2D eigenvalue weighted by molar-refractivity contribution is 7.13. The fourth-order valence-electron chi connectivity index (χ4n) is 3.15. The van der Waals surface area contributed by atoms with Crippen LogP contribution >= 0.6 is 11.3 Å². The number of thiazole rings is 1. The zero-order valence-corrected chi connectivity index (χ0v) is 16.0. The third-order valence-electron chi connectivity index (χ3n) is 4.90. The number of rotatable bonds is 3. The van der Waals surface area contributed by atoms with Gasteiger partial charge in [-0.1, -0.05) is 0 Å². The van der Waals surface area contributed by atoms with Crippen molar-refractivity contribution in [1.29, 1.82) is 0 Å². The number of furan rings is 1. The number of hydrogen-bond donors (Lipinski definition) is 0. The number of carbonyl (C=O) groups excluding carboxylic acids is 2. The summed E-state index contributed by atoms with van der Waals surface area (Å²) in [5, 5.41) is 2.64. The molecule has 8 heteroatoms. The lowest BCUT2D eigenvalue weighted by atomic mass is 10.2. The van der Waals surface area contributed by atoms with E-state index in [4.69, 9.17) is 4.42 Å². The zero-order valence-electron chi connectivity index (χ0n) is 15.2. The van der Waals surface area contributed by atoms with Gasteiger partial charge in [0, 0.05) is 44.3 Å². The highest BCUT2D eigenvalue weighted by Crippen LogP contribution is 2.26. The lowest BCUT2D eigenvalue weighted by molar-refractivity contribution is 0.0515. The highest BCUT2D eigenvalue weighted by atomic mass is 32.1. The van der Waals surface area contributed by atoms with E-state index in [0.29, 0.717) is 37.6 Å². The molecule has 1 fully saturated rings. The summed E-state index contributed by atoms with van der Waals surface area (Å²) >= 11 is 1.47. The molecule has 0 aliphatic carbocycles. The molecule has 27 heavy (non-hydrogen) atoms. The number of nitrogens with zero attached hydrogens (tertiary/aromatic N) is 4. The van der Waals surface area contributed by atoms with Gasteiger partial charge in [0.15, 0.2) is 5.76 Å². The molecule has 0 radical (unpaired) electrons. The van der Waals surface area contributed by atoms with Gasteiger partial charge >= 0.3 is 0 Å². The van der Waals surface area contributed by atoms with Crippen molar-refractivity contribution >= 4 is 23.2 Å². The maximum absolute atomic E-state index is 12.8. The Balaban J connectivity index is 1.41. The molecule has 3 aromatic heterocycles. The third-order valence-corrected chi connectivity index (χ3v) is 5.77. The Morgan fingerprint density at radius 1 is 1.07 bits per heavy atom. The predicted molar refractivity (Wildman–Crippen MR) is 102 cm³/mol. The number of carbonyl (C=O) groups is 2. The standard InChI is InChI=1S/C19H20N4O3S/c1-13-5-6-15(21(13)2)17-20-14(12-27-17)18(24)22-7-9-23(10-8-22)19(25)16-4-3-11-26-16/h3-6,11-12H,7-10H2,1-2H3. The van der Waals surface area contributed by atoms with E-state index in [0.717, 1.165) is 16.4 Å². The van der Waals surface area contributed by atoms with E-state index in [-0.39, 0.29) is 11.8 Å². The van der Waals surface area contributed by atoms with Crippen molar-refractivity contribution in [2.45, 2.75) is 6.92 Å². The van der Waals surface area contributed by atoms with Gasteiger partial charge in [0.2, 0.25) is 0 Å². The van der Waals surface area contributed by atoms with Gasteiger partial charge in [-0.3, -0.25) is 9.59 Å². The van der Waals surface area contributed by atoms with Crippen molar-refractivity contribution in [3.8, 4) is 10.7 Å². The minimum absolute atomic E-state index is 0.0893. The molecular formula is C19H20N4O3S. The molecule has 140 valence electrons. The van der Waals surface area contributed by atoms with Crippen LogP contribution in [0.25, 0.3) is 10.7 Å². The summed E-state index contributed by atoms with van der Waals surface area (Å²) in [6, 6.07) is 7.40. The lowest BCUT2D eigenvalue weighted by Crippen LogP contribution is -2.50. The lowest BCUT2D eigenvalue weighted by Gasteiger charge is -2.34.